The van der Waals surface area contributed by atoms with Crippen molar-refractivity contribution in [2.45, 2.75) is 13.5 Å². The minimum Gasteiger partial charge on any atom is -0.487 e. The second-order valence-electron chi connectivity index (χ2n) is 6.88. The van der Waals surface area contributed by atoms with Crippen molar-refractivity contribution >= 4 is 40.9 Å². The van der Waals surface area contributed by atoms with Gasteiger partial charge in [0.2, 0.25) is 5.91 Å². The van der Waals surface area contributed by atoms with Crippen molar-refractivity contribution in [3.05, 3.63) is 81.8 Å². The number of carbonyl (C=O) groups is 3. The van der Waals surface area contributed by atoms with Crippen LogP contribution < -0.4 is 15.4 Å². The number of aryl methyl sites for hydroxylation is 1. The summed E-state index contributed by atoms with van der Waals surface area (Å²) in [4.78, 5) is 39.9. The number of amides is 2. The number of benzene rings is 2. The quantitative estimate of drug-likeness (QED) is 0.370. The zero-order chi connectivity index (χ0) is 23.6. The standard InChI is InChI=1S/C24H23N3O5S/c1-16-26-20(15-33-16)14-32-21-9-6-17(7-10-21)8-11-22(28)27-19-5-3-4-18(12-19)24(30)25-13-23(29)31-2/h3-12,15H,13-14H2,1-2H3,(H,25,30)(H,27,28). The van der Waals surface area contributed by atoms with E-state index in [2.05, 4.69) is 20.4 Å². The van der Waals surface area contributed by atoms with E-state index in [4.69, 9.17) is 4.74 Å². The largest absolute Gasteiger partial charge is 0.487 e. The molecule has 0 atom stereocenters. The van der Waals surface area contributed by atoms with Crippen molar-refractivity contribution in [2.75, 3.05) is 19.0 Å². The maximum atomic E-state index is 12.3. The fraction of sp³-hybridized carbons (Fsp3) is 0.167. The molecule has 2 aromatic carbocycles. The van der Waals surface area contributed by atoms with Crippen LogP contribution in [0.15, 0.2) is 60.0 Å². The van der Waals surface area contributed by atoms with E-state index in [1.165, 1.54) is 19.3 Å². The average molecular weight is 466 g/mol. The second-order valence-corrected chi connectivity index (χ2v) is 7.94. The SMILES string of the molecule is COC(=O)CNC(=O)c1cccc(NC(=O)C=Cc2ccc(OCc3csc(C)n3)cc2)c1. The summed E-state index contributed by atoms with van der Waals surface area (Å²) in [6.07, 6.45) is 3.08. The number of nitrogens with zero attached hydrogens (tertiary/aromatic N) is 1. The summed E-state index contributed by atoms with van der Waals surface area (Å²) >= 11 is 1.58. The molecule has 8 nitrogen and oxygen atoms in total. The molecule has 2 N–H and O–H groups in total. The van der Waals surface area contributed by atoms with Gasteiger partial charge in [0.1, 0.15) is 18.9 Å². The fourth-order valence-corrected chi connectivity index (χ4v) is 3.32. The van der Waals surface area contributed by atoms with Gasteiger partial charge in [-0.1, -0.05) is 18.2 Å². The van der Waals surface area contributed by atoms with Crippen LogP contribution in [0.3, 0.4) is 0 Å². The molecule has 0 aliphatic rings. The van der Waals surface area contributed by atoms with E-state index >= 15 is 0 Å². The smallest absolute Gasteiger partial charge is 0.325 e. The van der Waals surface area contributed by atoms with Crippen LogP contribution in [-0.4, -0.2) is 36.4 Å². The second kappa shape index (κ2) is 11.6. The van der Waals surface area contributed by atoms with E-state index in [9.17, 15) is 14.4 Å². The molecule has 0 bridgehead atoms. The van der Waals surface area contributed by atoms with Crippen LogP contribution in [0.2, 0.25) is 0 Å². The number of methoxy groups -OCH3 is 1. The number of carbonyl (C=O) groups excluding carboxylic acids is 3. The lowest BCUT2D eigenvalue weighted by Crippen LogP contribution is -2.30. The Morgan fingerprint density at radius 1 is 1.12 bits per heavy atom. The zero-order valence-corrected chi connectivity index (χ0v) is 19.0. The number of hydrogen-bond donors (Lipinski definition) is 2. The van der Waals surface area contributed by atoms with Crippen molar-refractivity contribution < 1.29 is 23.9 Å². The normalized spacial score (nSPS) is 10.6. The molecule has 0 saturated heterocycles. The highest BCUT2D eigenvalue weighted by Crippen LogP contribution is 2.16. The number of hydrogen-bond acceptors (Lipinski definition) is 7. The Morgan fingerprint density at radius 3 is 2.61 bits per heavy atom. The molecular weight excluding hydrogens is 442 g/mol. The average Bonchev–Trinajstić information content (AvgIpc) is 3.25. The molecule has 2 amide bonds. The van der Waals surface area contributed by atoms with Crippen LogP contribution in [0.4, 0.5) is 5.69 Å². The summed E-state index contributed by atoms with van der Waals surface area (Å²) in [6.45, 7) is 2.12. The summed E-state index contributed by atoms with van der Waals surface area (Å²) in [5, 5.41) is 8.12. The summed E-state index contributed by atoms with van der Waals surface area (Å²) in [5.74, 6) is -0.628. The number of ether oxygens (including phenoxy) is 2. The summed E-state index contributed by atoms with van der Waals surface area (Å²) < 4.78 is 10.2. The van der Waals surface area contributed by atoms with Gasteiger partial charge in [0, 0.05) is 22.7 Å². The Labute approximate surface area is 195 Å². The monoisotopic (exact) mass is 465 g/mol. The molecule has 0 spiro atoms. The molecule has 0 aliphatic carbocycles. The van der Waals surface area contributed by atoms with E-state index in [1.54, 1.807) is 35.6 Å². The highest BCUT2D eigenvalue weighted by atomic mass is 32.1. The molecule has 1 heterocycles. The van der Waals surface area contributed by atoms with Crippen molar-refractivity contribution in [2.24, 2.45) is 0 Å². The van der Waals surface area contributed by atoms with Gasteiger partial charge in [0.15, 0.2) is 0 Å². The molecule has 170 valence electrons. The van der Waals surface area contributed by atoms with Crippen LogP contribution in [0, 0.1) is 6.92 Å². The lowest BCUT2D eigenvalue weighted by atomic mass is 10.2. The first kappa shape index (κ1) is 23.7. The fourth-order valence-electron chi connectivity index (χ4n) is 2.73. The van der Waals surface area contributed by atoms with Gasteiger partial charge in [0.05, 0.1) is 17.8 Å². The van der Waals surface area contributed by atoms with Gasteiger partial charge < -0.3 is 20.1 Å². The van der Waals surface area contributed by atoms with Crippen molar-refractivity contribution in [3.63, 3.8) is 0 Å². The van der Waals surface area contributed by atoms with E-state index in [1.807, 2.05) is 36.6 Å². The van der Waals surface area contributed by atoms with E-state index < -0.39 is 11.9 Å². The Kier molecular flexibility index (Phi) is 8.31. The van der Waals surface area contributed by atoms with Gasteiger partial charge >= 0.3 is 5.97 Å². The first-order chi connectivity index (χ1) is 15.9. The van der Waals surface area contributed by atoms with Gasteiger partial charge in [-0.2, -0.15) is 0 Å². The Balaban J connectivity index is 1.51. The zero-order valence-electron chi connectivity index (χ0n) is 18.2. The Bertz CT molecular complexity index is 1150. The van der Waals surface area contributed by atoms with Crippen molar-refractivity contribution in [1.82, 2.24) is 10.3 Å². The maximum Gasteiger partial charge on any atom is 0.325 e. The van der Waals surface area contributed by atoms with E-state index in [0.717, 1.165) is 16.3 Å². The number of aromatic nitrogens is 1. The highest BCUT2D eigenvalue weighted by molar-refractivity contribution is 7.09. The van der Waals surface area contributed by atoms with Crippen molar-refractivity contribution in [3.8, 4) is 5.75 Å². The predicted octanol–water partition coefficient (Wildman–Crippen LogP) is 3.59. The molecule has 1 aromatic heterocycles. The van der Waals surface area contributed by atoms with Gasteiger partial charge in [-0.3, -0.25) is 14.4 Å². The topological polar surface area (TPSA) is 107 Å². The van der Waals surface area contributed by atoms with E-state index in [0.29, 0.717) is 23.6 Å². The van der Waals surface area contributed by atoms with Crippen LogP contribution in [0.1, 0.15) is 26.6 Å². The van der Waals surface area contributed by atoms with Gasteiger partial charge in [-0.05, 0) is 48.9 Å². The molecule has 9 heteroatoms. The molecule has 3 rings (SSSR count). The van der Waals surface area contributed by atoms with Crippen LogP contribution in [-0.2, 0) is 20.9 Å². The Morgan fingerprint density at radius 2 is 1.91 bits per heavy atom. The molecule has 0 fully saturated rings. The molecule has 3 aromatic rings. The van der Waals surface area contributed by atoms with Crippen LogP contribution >= 0.6 is 11.3 Å². The summed E-state index contributed by atoms with van der Waals surface area (Å²) in [5.41, 5.74) is 2.49. The lowest BCUT2D eigenvalue weighted by Gasteiger charge is -2.07. The third-order valence-corrected chi connectivity index (χ3v) is 5.20. The Hall–Kier alpha value is -3.98. The molecule has 0 unspecified atom stereocenters. The molecule has 33 heavy (non-hydrogen) atoms. The molecule has 0 saturated carbocycles. The minimum atomic E-state index is -0.549. The molecular formula is C24H23N3O5S. The van der Waals surface area contributed by atoms with Gasteiger partial charge in [-0.15, -0.1) is 11.3 Å². The van der Waals surface area contributed by atoms with Crippen molar-refractivity contribution in [1.29, 1.82) is 0 Å². The van der Waals surface area contributed by atoms with Gasteiger partial charge in [0.25, 0.3) is 5.91 Å². The predicted molar refractivity (Wildman–Crippen MR) is 126 cm³/mol. The number of esters is 1. The highest BCUT2D eigenvalue weighted by Gasteiger charge is 2.09. The van der Waals surface area contributed by atoms with Crippen LogP contribution in [0.5, 0.6) is 5.75 Å². The van der Waals surface area contributed by atoms with E-state index in [-0.39, 0.29) is 12.5 Å². The van der Waals surface area contributed by atoms with Crippen LogP contribution in [0.25, 0.3) is 6.08 Å². The number of anilines is 1. The number of thiazole rings is 1. The maximum absolute atomic E-state index is 12.3. The summed E-state index contributed by atoms with van der Waals surface area (Å²) in [7, 11) is 1.24. The summed E-state index contributed by atoms with van der Waals surface area (Å²) in [6, 6.07) is 13.7. The lowest BCUT2D eigenvalue weighted by molar-refractivity contribution is -0.139. The minimum absolute atomic E-state index is 0.233. The molecule has 0 aliphatic heterocycles. The first-order valence-electron chi connectivity index (χ1n) is 10.0. The number of rotatable bonds is 9. The number of nitrogens with one attached hydrogen (secondary N) is 2. The first-order valence-corrected chi connectivity index (χ1v) is 10.9. The van der Waals surface area contributed by atoms with Gasteiger partial charge in [-0.25, -0.2) is 4.98 Å². The third-order valence-electron chi connectivity index (χ3n) is 4.37. The third kappa shape index (κ3) is 7.58. The molecule has 0 radical (unpaired) electrons.